The van der Waals surface area contributed by atoms with Crippen LogP contribution in [-0.4, -0.2) is 58.4 Å². The van der Waals surface area contributed by atoms with Crippen LogP contribution in [-0.2, 0) is 0 Å². The second-order valence-corrected chi connectivity index (χ2v) is 6.65. The molecule has 28 heavy (non-hydrogen) atoms. The Kier molecular flexibility index (Phi) is 6.13. The van der Waals surface area contributed by atoms with E-state index in [0.29, 0.717) is 30.3 Å². The van der Waals surface area contributed by atoms with Crippen LogP contribution in [0.25, 0.3) is 0 Å². The zero-order valence-corrected chi connectivity index (χ0v) is 16.8. The lowest BCUT2D eigenvalue weighted by Crippen LogP contribution is -2.50. The first kappa shape index (κ1) is 19.7. The number of methoxy groups -OCH3 is 3. The van der Waals surface area contributed by atoms with Gasteiger partial charge in [-0.1, -0.05) is 6.07 Å². The Bertz CT molecular complexity index is 832. The van der Waals surface area contributed by atoms with Gasteiger partial charge in [-0.2, -0.15) is 0 Å². The van der Waals surface area contributed by atoms with Crippen LogP contribution in [0.1, 0.15) is 5.56 Å². The maximum Gasteiger partial charge on any atom is 0.322 e. The third-order valence-corrected chi connectivity index (χ3v) is 4.89. The van der Waals surface area contributed by atoms with Crippen LogP contribution in [0.2, 0.25) is 0 Å². The molecule has 1 aliphatic rings. The van der Waals surface area contributed by atoms with Crippen molar-refractivity contribution in [2.75, 3.05) is 57.7 Å². The maximum atomic E-state index is 12.7. The van der Waals surface area contributed by atoms with E-state index in [9.17, 15) is 4.79 Å². The van der Waals surface area contributed by atoms with Gasteiger partial charge in [-0.05, 0) is 36.8 Å². The lowest BCUT2D eigenvalue weighted by Gasteiger charge is -2.36. The van der Waals surface area contributed by atoms with E-state index >= 15 is 0 Å². The van der Waals surface area contributed by atoms with E-state index in [1.165, 1.54) is 5.56 Å². The number of carbonyl (C=O) groups excluding carboxylic acids is 1. The van der Waals surface area contributed by atoms with Crippen LogP contribution in [0.3, 0.4) is 0 Å². The minimum Gasteiger partial charge on any atom is -0.497 e. The average Bonchev–Trinajstić information content (AvgIpc) is 2.73. The van der Waals surface area contributed by atoms with Crippen molar-refractivity contribution in [3.8, 4) is 17.2 Å². The van der Waals surface area contributed by atoms with Crippen molar-refractivity contribution in [1.29, 1.82) is 0 Å². The quantitative estimate of drug-likeness (QED) is 0.855. The van der Waals surface area contributed by atoms with Gasteiger partial charge in [0.2, 0.25) is 0 Å². The van der Waals surface area contributed by atoms with Gasteiger partial charge >= 0.3 is 6.03 Å². The summed E-state index contributed by atoms with van der Waals surface area (Å²) in [4.78, 5) is 16.8. The molecule has 0 unspecified atom stereocenters. The van der Waals surface area contributed by atoms with Gasteiger partial charge in [-0.3, -0.25) is 0 Å². The van der Waals surface area contributed by atoms with E-state index in [0.717, 1.165) is 24.5 Å². The number of nitrogens with zero attached hydrogens (tertiary/aromatic N) is 2. The molecule has 1 saturated heterocycles. The highest BCUT2D eigenvalue weighted by Gasteiger charge is 2.24. The van der Waals surface area contributed by atoms with Crippen LogP contribution in [0.5, 0.6) is 17.2 Å². The number of rotatable bonds is 5. The van der Waals surface area contributed by atoms with Crippen LogP contribution in [0.4, 0.5) is 16.2 Å². The molecule has 3 rings (SSSR count). The summed E-state index contributed by atoms with van der Waals surface area (Å²) in [5.74, 6) is 2.11. The monoisotopic (exact) mass is 385 g/mol. The number of aryl methyl sites for hydroxylation is 1. The van der Waals surface area contributed by atoms with E-state index in [4.69, 9.17) is 14.2 Å². The van der Waals surface area contributed by atoms with Gasteiger partial charge in [0.1, 0.15) is 17.2 Å². The normalized spacial score (nSPS) is 13.9. The molecule has 0 atom stereocenters. The molecule has 0 spiro atoms. The highest BCUT2D eigenvalue weighted by molar-refractivity contribution is 5.91. The molecule has 0 radical (unpaired) electrons. The zero-order valence-electron chi connectivity index (χ0n) is 16.8. The van der Waals surface area contributed by atoms with E-state index in [2.05, 4.69) is 23.2 Å². The second-order valence-electron chi connectivity index (χ2n) is 6.65. The highest BCUT2D eigenvalue weighted by atomic mass is 16.5. The fourth-order valence-corrected chi connectivity index (χ4v) is 3.30. The molecule has 1 fully saturated rings. The molecule has 0 aliphatic carbocycles. The fourth-order valence-electron chi connectivity index (χ4n) is 3.30. The lowest BCUT2D eigenvalue weighted by atomic mass is 10.1. The summed E-state index contributed by atoms with van der Waals surface area (Å²) in [5.41, 5.74) is 2.84. The molecule has 7 nitrogen and oxygen atoms in total. The first-order valence-corrected chi connectivity index (χ1v) is 9.23. The fraction of sp³-hybridized carbons (Fsp3) is 0.381. The Hall–Kier alpha value is -3.09. The highest BCUT2D eigenvalue weighted by Crippen LogP contribution is 2.31. The van der Waals surface area contributed by atoms with Gasteiger partial charge in [-0.25, -0.2) is 4.79 Å². The summed E-state index contributed by atoms with van der Waals surface area (Å²) < 4.78 is 16.1. The summed E-state index contributed by atoms with van der Waals surface area (Å²) in [6, 6.07) is 11.3. The maximum absolute atomic E-state index is 12.7. The third kappa shape index (κ3) is 4.24. The molecule has 7 heteroatoms. The standard InChI is InChI=1S/C21H27N3O4/c1-15-5-7-20(28-4)18(13-15)23-9-11-24(12-10-23)21(25)22-17-14-16(26-2)6-8-19(17)27-3/h5-8,13-14H,9-12H2,1-4H3,(H,22,25). The Balaban J connectivity index is 1.65. The number of ether oxygens (including phenoxy) is 3. The summed E-state index contributed by atoms with van der Waals surface area (Å²) in [6.07, 6.45) is 0. The molecule has 0 saturated carbocycles. The number of urea groups is 1. The molecular weight excluding hydrogens is 358 g/mol. The van der Waals surface area contributed by atoms with Crippen molar-refractivity contribution in [1.82, 2.24) is 4.90 Å². The number of amides is 2. The van der Waals surface area contributed by atoms with Gasteiger partial charge in [0.15, 0.2) is 0 Å². The third-order valence-electron chi connectivity index (χ3n) is 4.89. The summed E-state index contributed by atoms with van der Waals surface area (Å²) in [5, 5.41) is 2.93. The summed E-state index contributed by atoms with van der Waals surface area (Å²) in [7, 11) is 4.84. The summed E-state index contributed by atoms with van der Waals surface area (Å²) in [6.45, 7) is 4.78. The number of anilines is 2. The molecule has 2 amide bonds. The Morgan fingerprint density at radius 3 is 2.21 bits per heavy atom. The van der Waals surface area contributed by atoms with Crippen molar-refractivity contribution in [3.63, 3.8) is 0 Å². The predicted molar refractivity (Wildman–Crippen MR) is 110 cm³/mol. The minimum absolute atomic E-state index is 0.151. The first-order valence-electron chi connectivity index (χ1n) is 9.23. The minimum atomic E-state index is -0.151. The SMILES string of the molecule is COc1ccc(OC)c(NC(=O)N2CCN(c3cc(C)ccc3OC)CC2)c1. The molecule has 0 aromatic heterocycles. The van der Waals surface area contributed by atoms with Crippen LogP contribution < -0.4 is 24.4 Å². The van der Waals surface area contributed by atoms with Crippen molar-refractivity contribution >= 4 is 17.4 Å². The Morgan fingerprint density at radius 1 is 0.893 bits per heavy atom. The topological polar surface area (TPSA) is 63.3 Å². The van der Waals surface area contributed by atoms with E-state index in [1.807, 2.05) is 12.1 Å². The van der Waals surface area contributed by atoms with Gasteiger partial charge in [0.05, 0.1) is 32.7 Å². The van der Waals surface area contributed by atoms with E-state index in [1.54, 1.807) is 44.4 Å². The van der Waals surface area contributed by atoms with E-state index < -0.39 is 0 Å². The molecule has 2 aromatic carbocycles. The number of nitrogens with one attached hydrogen (secondary N) is 1. The number of piperazine rings is 1. The number of carbonyl (C=O) groups is 1. The van der Waals surface area contributed by atoms with Gasteiger partial charge < -0.3 is 29.3 Å². The first-order chi connectivity index (χ1) is 13.5. The van der Waals surface area contributed by atoms with Gasteiger partial charge in [0, 0.05) is 32.2 Å². The summed E-state index contributed by atoms with van der Waals surface area (Å²) >= 11 is 0. The van der Waals surface area contributed by atoms with Gasteiger partial charge in [-0.15, -0.1) is 0 Å². The number of benzene rings is 2. The van der Waals surface area contributed by atoms with Gasteiger partial charge in [0.25, 0.3) is 0 Å². The van der Waals surface area contributed by atoms with Crippen LogP contribution >= 0.6 is 0 Å². The largest absolute Gasteiger partial charge is 0.497 e. The van der Waals surface area contributed by atoms with Crippen molar-refractivity contribution in [2.24, 2.45) is 0 Å². The zero-order chi connectivity index (χ0) is 20.1. The second kappa shape index (κ2) is 8.73. The lowest BCUT2D eigenvalue weighted by molar-refractivity contribution is 0.208. The number of hydrogen-bond donors (Lipinski definition) is 1. The smallest absolute Gasteiger partial charge is 0.322 e. The van der Waals surface area contributed by atoms with Crippen molar-refractivity contribution < 1.29 is 19.0 Å². The molecular formula is C21H27N3O4. The molecule has 1 N–H and O–H groups in total. The van der Waals surface area contributed by atoms with Crippen molar-refractivity contribution in [2.45, 2.75) is 6.92 Å². The van der Waals surface area contributed by atoms with E-state index in [-0.39, 0.29) is 6.03 Å². The predicted octanol–water partition coefficient (Wildman–Crippen LogP) is 3.37. The molecule has 1 heterocycles. The molecule has 2 aromatic rings. The molecule has 1 aliphatic heterocycles. The average molecular weight is 385 g/mol. The molecule has 150 valence electrons. The van der Waals surface area contributed by atoms with Crippen molar-refractivity contribution in [3.05, 3.63) is 42.0 Å². The van der Waals surface area contributed by atoms with Crippen LogP contribution in [0, 0.1) is 6.92 Å². The van der Waals surface area contributed by atoms with Crippen LogP contribution in [0.15, 0.2) is 36.4 Å². The Morgan fingerprint density at radius 2 is 1.57 bits per heavy atom. The molecule has 0 bridgehead atoms. The Labute approximate surface area is 165 Å². The number of hydrogen-bond acceptors (Lipinski definition) is 5.